The quantitative estimate of drug-likeness (QED) is 0.787. The van der Waals surface area contributed by atoms with Gasteiger partial charge in [-0.3, -0.25) is 4.79 Å². The van der Waals surface area contributed by atoms with Gasteiger partial charge in [0.1, 0.15) is 0 Å². The van der Waals surface area contributed by atoms with Crippen molar-refractivity contribution in [1.29, 1.82) is 0 Å². The Labute approximate surface area is 103 Å². The lowest BCUT2D eigenvalue weighted by molar-refractivity contribution is -0.140. The Morgan fingerprint density at radius 1 is 1.24 bits per heavy atom. The van der Waals surface area contributed by atoms with E-state index < -0.39 is 0 Å². The highest BCUT2D eigenvalue weighted by Crippen LogP contribution is 2.26. The molecule has 17 heavy (non-hydrogen) atoms. The average Bonchev–Trinajstić information content (AvgIpc) is 2.38. The SMILES string of the molecule is COC1CCCN(C(=O)C2CCCCC2N)C1. The molecule has 0 aromatic carbocycles. The summed E-state index contributed by atoms with van der Waals surface area (Å²) in [6, 6.07) is 0.0687. The van der Waals surface area contributed by atoms with Crippen molar-refractivity contribution in [2.24, 2.45) is 11.7 Å². The van der Waals surface area contributed by atoms with E-state index in [9.17, 15) is 4.79 Å². The van der Waals surface area contributed by atoms with Crippen LogP contribution >= 0.6 is 0 Å². The molecule has 0 spiro atoms. The molecule has 1 saturated carbocycles. The molecule has 2 fully saturated rings. The first-order valence-corrected chi connectivity index (χ1v) is 6.79. The van der Waals surface area contributed by atoms with E-state index in [1.165, 1.54) is 6.42 Å². The van der Waals surface area contributed by atoms with Gasteiger partial charge in [0, 0.05) is 26.2 Å². The zero-order valence-corrected chi connectivity index (χ0v) is 10.7. The molecule has 98 valence electrons. The van der Waals surface area contributed by atoms with Gasteiger partial charge in [-0.1, -0.05) is 12.8 Å². The van der Waals surface area contributed by atoms with Crippen LogP contribution in [-0.4, -0.2) is 43.2 Å². The summed E-state index contributed by atoms with van der Waals surface area (Å²) in [5.41, 5.74) is 6.07. The van der Waals surface area contributed by atoms with Gasteiger partial charge >= 0.3 is 0 Å². The molecule has 2 N–H and O–H groups in total. The molecule has 0 aromatic heterocycles. The summed E-state index contributed by atoms with van der Waals surface area (Å²) in [4.78, 5) is 14.4. The Hall–Kier alpha value is -0.610. The highest BCUT2D eigenvalue weighted by atomic mass is 16.5. The van der Waals surface area contributed by atoms with Gasteiger partial charge in [-0.15, -0.1) is 0 Å². The number of methoxy groups -OCH3 is 1. The predicted octanol–water partition coefficient (Wildman–Crippen LogP) is 1.14. The summed E-state index contributed by atoms with van der Waals surface area (Å²) in [6.45, 7) is 1.63. The smallest absolute Gasteiger partial charge is 0.227 e. The van der Waals surface area contributed by atoms with Crippen molar-refractivity contribution in [3.05, 3.63) is 0 Å². The van der Waals surface area contributed by atoms with Crippen LogP contribution in [0.3, 0.4) is 0 Å². The number of nitrogens with zero attached hydrogens (tertiary/aromatic N) is 1. The third-order valence-electron chi connectivity index (χ3n) is 4.16. The predicted molar refractivity (Wildman–Crippen MR) is 66.5 cm³/mol. The molecule has 3 unspecified atom stereocenters. The Balaban J connectivity index is 1.93. The fourth-order valence-electron chi connectivity index (χ4n) is 3.03. The first kappa shape index (κ1) is 12.8. The fourth-order valence-corrected chi connectivity index (χ4v) is 3.03. The van der Waals surface area contributed by atoms with E-state index in [1.807, 2.05) is 4.90 Å². The molecule has 0 aromatic rings. The molecule has 0 radical (unpaired) electrons. The number of piperidine rings is 1. The van der Waals surface area contributed by atoms with Crippen LogP contribution in [0.1, 0.15) is 38.5 Å². The lowest BCUT2D eigenvalue weighted by atomic mass is 9.84. The molecule has 2 aliphatic rings. The monoisotopic (exact) mass is 240 g/mol. The largest absolute Gasteiger partial charge is 0.380 e. The molecule has 4 heteroatoms. The molecule has 1 amide bonds. The standard InChI is InChI=1S/C13H24N2O2/c1-17-10-5-4-8-15(9-10)13(16)11-6-2-3-7-12(11)14/h10-12H,2-9,14H2,1H3. The molecule has 1 saturated heterocycles. The normalized spacial score (nSPS) is 34.7. The maximum atomic E-state index is 12.4. The Morgan fingerprint density at radius 3 is 2.71 bits per heavy atom. The second kappa shape index (κ2) is 5.83. The number of hydrogen-bond donors (Lipinski definition) is 1. The van der Waals surface area contributed by atoms with Crippen LogP contribution in [0.25, 0.3) is 0 Å². The van der Waals surface area contributed by atoms with E-state index in [0.29, 0.717) is 0 Å². The van der Waals surface area contributed by atoms with Crippen LogP contribution in [0.2, 0.25) is 0 Å². The number of carbonyl (C=O) groups is 1. The van der Waals surface area contributed by atoms with Gasteiger partial charge in [0.15, 0.2) is 0 Å². The number of amides is 1. The maximum absolute atomic E-state index is 12.4. The second-order valence-electron chi connectivity index (χ2n) is 5.34. The van der Waals surface area contributed by atoms with Crippen LogP contribution in [0.5, 0.6) is 0 Å². The average molecular weight is 240 g/mol. The van der Waals surface area contributed by atoms with Gasteiger partial charge in [0.05, 0.1) is 12.0 Å². The number of ether oxygens (including phenoxy) is 1. The van der Waals surface area contributed by atoms with Crippen LogP contribution in [-0.2, 0) is 9.53 Å². The summed E-state index contributed by atoms with van der Waals surface area (Å²) >= 11 is 0. The first-order chi connectivity index (χ1) is 8.22. The zero-order valence-electron chi connectivity index (χ0n) is 10.7. The van der Waals surface area contributed by atoms with E-state index >= 15 is 0 Å². The highest BCUT2D eigenvalue weighted by Gasteiger charge is 2.33. The summed E-state index contributed by atoms with van der Waals surface area (Å²) in [5.74, 6) is 0.318. The Kier molecular flexibility index (Phi) is 4.40. The van der Waals surface area contributed by atoms with Crippen molar-refractivity contribution in [1.82, 2.24) is 4.90 Å². The number of nitrogens with two attached hydrogens (primary N) is 1. The lowest BCUT2D eigenvalue weighted by Gasteiger charge is -2.37. The topological polar surface area (TPSA) is 55.6 Å². The van der Waals surface area contributed by atoms with Gasteiger partial charge in [-0.05, 0) is 25.7 Å². The number of likely N-dealkylation sites (tertiary alicyclic amines) is 1. The third-order valence-corrected chi connectivity index (χ3v) is 4.16. The molecule has 3 atom stereocenters. The number of carbonyl (C=O) groups excluding carboxylic acids is 1. The Bertz CT molecular complexity index is 270. The number of rotatable bonds is 2. The minimum atomic E-state index is 0.0550. The maximum Gasteiger partial charge on any atom is 0.227 e. The lowest BCUT2D eigenvalue weighted by Crippen LogP contribution is -2.50. The highest BCUT2D eigenvalue weighted by molar-refractivity contribution is 5.79. The second-order valence-corrected chi connectivity index (χ2v) is 5.34. The van der Waals surface area contributed by atoms with Crippen molar-refractivity contribution in [2.45, 2.75) is 50.7 Å². The molecule has 2 rings (SSSR count). The van der Waals surface area contributed by atoms with Crippen LogP contribution in [0.4, 0.5) is 0 Å². The molecular formula is C13H24N2O2. The van der Waals surface area contributed by atoms with Crippen molar-refractivity contribution in [3.8, 4) is 0 Å². The van der Waals surface area contributed by atoms with E-state index in [4.69, 9.17) is 10.5 Å². The summed E-state index contributed by atoms with van der Waals surface area (Å²) < 4.78 is 5.36. The van der Waals surface area contributed by atoms with E-state index in [-0.39, 0.29) is 24.0 Å². The van der Waals surface area contributed by atoms with Gasteiger partial charge in [0.2, 0.25) is 5.91 Å². The third kappa shape index (κ3) is 2.99. The van der Waals surface area contributed by atoms with Crippen molar-refractivity contribution >= 4 is 5.91 Å². The van der Waals surface area contributed by atoms with Gasteiger partial charge in [-0.2, -0.15) is 0 Å². The summed E-state index contributed by atoms with van der Waals surface area (Å²) in [6.07, 6.45) is 6.61. The van der Waals surface area contributed by atoms with Gasteiger partial charge in [-0.25, -0.2) is 0 Å². The molecule has 4 nitrogen and oxygen atoms in total. The van der Waals surface area contributed by atoms with E-state index in [2.05, 4.69) is 0 Å². The van der Waals surface area contributed by atoms with Crippen LogP contribution in [0, 0.1) is 5.92 Å². The fraction of sp³-hybridized carbons (Fsp3) is 0.923. The Morgan fingerprint density at radius 2 is 2.00 bits per heavy atom. The molecule has 1 aliphatic carbocycles. The van der Waals surface area contributed by atoms with Crippen molar-refractivity contribution in [3.63, 3.8) is 0 Å². The van der Waals surface area contributed by atoms with Crippen LogP contribution < -0.4 is 5.73 Å². The van der Waals surface area contributed by atoms with Crippen molar-refractivity contribution < 1.29 is 9.53 Å². The minimum Gasteiger partial charge on any atom is -0.380 e. The van der Waals surface area contributed by atoms with E-state index in [0.717, 1.165) is 45.2 Å². The minimum absolute atomic E-state index is 0.0550. The number of hydrogen-bond acceptors (Lipinski definition) is 3. The molecule has 1 aliphatic heterocycles. The zero-order chi connectivity index (χ0) is 12.3. The first-order valence-electron chi connectivity index (χ1n) is 6.79. The molecule has 1 heterocycles. The van der Waals surface area contributed by atoms with Gasteiger partial charge in [0.25, 0.3) is 0 Å². The van der Waals surface area contributed by atoms with Crippen molar-refractivity contribution in [2.75, 3.05) is 20.2 Å². The van der Waals surface area contributed by atoms with Crippen LogP contribution in [0.15, 0.2) is 0 Å². The summed E-state index contributed by atoms with van der Waals surface area (Å²) in [7, 11) is 1.73. The molecule has 0 bridgehead atoms. The summed E-state index contributed by atoms with van der Waals surface area (Å²) in [5, 5.41) is 0. The molecular weight excluding hydrogens is 216 g/mol. The van der Waals surface area contributed by atoms with E-state index in [1.54, 1.807) is 7.11 Å². The van der Waals surface area contributed by atoms with Gasteiger partial charge < -0.3 is 15.4 Å².